The molecule has 2 aromatic rings. The Kier molecular flexibility index (Phi) is 5.26. The zero-order valence-corrected chi connectivity index (χ0v) is 11.9. The lowest BCUT2D eigenvalue weighted by Crippen LogP contribution is -2.50. The molecule has 2 atom stereocenters. The van der Waals surface area contributed by atoms with Crippen molar-refractivity contribution in [2.75, 3.05) is 0 Å². The highest BCUT2D eigenvalue weighted by molar-refractivity contribution is 5.87. The Morgan fingerprint density at radius 1 is 1.27 bits per heavy atom. The van der Waals surface area contributed by atoms with Crippen LogP contribution in [0.3, 0.4) is 0 Å². The molecule has 1 aromatic carbocycles. The number of hydrogen-bond acceptors (Lipinski definition) is 4. The lowest BCUT2D eigenvalue weighted by Gasteiger charge is -2.17. The van der Waals surface area contributed by atoms with Gasteiger partial charge in [0.05, 0.1) is 12.4 Å². The third kappa shape index (κ3) is 4.42. The summed E-state index contributed by atoms with van der Waals surface area (Å²) in [5.41, 5.74) is 7.40. The number of carbonyl (C=O) groups excluding carboxylic acids is 1. The van der Waals surface area contributed by atoms with Gasteiger partial charge in [-0.2, -0.15) is 0 Å². The summed E-state index contributed by atoms with van der Waals surface area (Å²) in [6.45, 7) is 0. The summed E-state index contributed by atoms with van der Waals surface area (Å²) in [6, 6.07) is 7.48. The summed E-state index contributed by atoms with van der Waals surface area (Å²) in [7, 11) is 0. The van der Waals surface area contributed by atoms with E-state index in [1.807, 2.05) is 30.3 Å². The number of nitrogens with two attached hydrogens (primary N) is 1. The van der Waals surface area contributed by atoms with Gasteiger partial charge in [-0.05, 0) is 12.0 Å². The third-order valence-electron chi connectivity index (χ3n) is 3.23. The highest BCUT2D eigenvalue weighted by atomic mass is 16.4. The molecule has 1 heterocycles. The molecule has 0 aliphatic heterocycles. The van der Waals surface area contributed by atoms with Gasteiger partial charge >= 0.3 is 5.97 Å². The molecule has 7 nitrogen and oxygen atoms in total. The predicted octanol–water partition coefficient (Wildman–Crippen LogP) is 0.0916. The highest BCUT2D eigenvalue weighted by Gasteiger charge is 2.24. The molecule has 0 aliphatic carbocycles. The largest absolute Gasteiger partial charge is 0.480 e. The van der Waals surface area contributed by atoms with Gasteiger partial charge in [-0.1, -0.05) is 30.3 Å². The van der Waals surface area contributed by atoms with Gasteiger partial charge in [0.2, 0.25) is 5.91 Å². The molecule has 0 fully saturated rings. The van der Waals surface area contributed by atoms with E-state index in [1.54, 1.807) is 0 Å². The van der Waals surface area contributed by atoms with Crippen molar-refractivity contribution in [1.29, 1.82) is 0 Å². The number of carboxylic acids is 1. The SMILES string of the molecule is NC(Cc1ccccc1)C(=O)NC(Cc1cnc[nH]1)C(=O)O. The second-order valence-corrected chi connectivity index (χ2v) is 4.98. The van der Waals surface area contributed by atoms with Gasteiger partial charge < -0.3 is 21.1 Å². The van der Waals surface area contributed by atoms with E-state index >= 15 is 0 Å². The normalized spacial score (nSPS) is 13.3. The summed E-state index contributed by atoms with van der Waals surface area (Å²) in [5, 5.41) is 11.7. The molecule has 0 spiro atoms. The van der Waals surface area contributed by atoms with Crippen LogP contribution in [0.25, 0.3) is 0 Å². The molecule has 0 saturated carbocycles. The van der Waals surface area contributed by atoms with Crippen LogP contribution in [0, 0.1) is 0 Å². The van der Waals surface area contributed by atoms with Crippen molar-refractivity contribution in [2.24, 2.45) is 5.73 Å². The Hall–Kier alpha value is -2.67. The average molecular weight is 302 g/mol. The van der Waals surface area contributed by atoms with Crippen molar-refractivity contribution >= 4 is 11.9 Å². The van der Waals surface area contributed by atoms with E-state index in [2.05, 4.69) is 15.3 Å². The number of rotatable bonds is 7. The fraction of sp³-hybridized carbons (Fsp3) is 0.267. The first-order valence-corrected chi connectivity index (χ1v) is 6.86. The Bertz CT molecular complexity index is 613. The number of nitrogens with zero attached hydrogens (tertiary/aromatic N) is 1. The molecule has 0 saturated heterocycles. The first-order valence-electron chi connectivity index (χ1n) is 6.86. The number of aliphatic carboxylic acids is 1. The van der Waals surface area contributed by atoms with E-state index in [0.29, 0.717) is 12.1 Å². The van der Waals surface area contributed by atoms with E-state index in [0.717, 1.165) is 5.56 Å². The molecule has 1 aromatic heterocycles. The van der Waals surface area contributed by atoms with Crippen molar-refractivity contribution in [3.63, 3.8) is 0 Å². The fourth-order valence-corrected chi connectivity index (χ4v) is 2.06. The number of imidazole rings is 1. The fourth-order valence-electron chi connectivity index (χ4n) is 2.06. The van der Waals surface area contributed by atoms with E-state index in [-0.39, 0.29) is 6.42 Å². The van der Waals surface area contributed by atoms with E-state index < -0.39 is 24.0 Å². The summed E-state index contributed by atoms with van der Waals surface area (Å²) < 4.78 is 0. The van der Waals surface area contributed by atoms with Crippen LogP contribution in [-0.2, 0) is 22.4 Å². The number of H-pyrrole nitrogens is 1. The first kappa shape index (κ1) is 15.7. The van der Waals surface area contributed by atoms with Gasteiger partial charge in [-0.3, -0.25) is 4.79 Å². The number of amides is 1. The topological polar surface area (TPSA) is 121 Å². The monoisotopic (exact) mass is 302 g/mol. The number of aromatic nitrogens is 2. The van der Waals surface area contributed by atoms with Crippen LogP contribution in [0.1, 0.15) is 11.3 Å². The molecule has 0 bridgehead atoms. The third-order valence-corrected chi connectivity index (χ3v) is 3.23. The summed E-state index contributed by atoms with van der Waals surface area (Å²) >= 11 is 0. The van der Waals surface area contributed by atoms with Gasteiger partial charge in [-0.25, -0.2) is 9.78 Å². The molecular formula is C15H18N4O3. The van der Waals surface area contributed by atoms with Crippen LogP contribution in [-0.4, -0.2) is 39.0 Å². The number of hydrogen-bond donors (Lipinski definition) is 4. The number of carboxylic acid groups (broad SMARTS) is 1. The van der Waals surface area contributed by atoms with Crippen molar-refractivity contribution in [2.45, 2.75) is 24.9 Å². The molecule has 2 rings (SSSR count). The minimum Gasteiger partial charge on any atom is -0.480 e. The van der Waals surface area contributed by atoms with Crippen molar-refractivity contribution in [3.05, 3.63) is 54.1 Å². The maximum absolute atomic E-state index is 12.1. The van der Waals surface area contributed by atoms with Crippen molar-refractivity contribution in [3.8, 4) is 0 Å². The number of aromatic amines is 1. The van der Waals surface area contributed by atoms with Crippen LogP contribution >= 0.6 is 0 Å². The lowest BCUT2D eigenvalue weighted by molar-refractivity contribution is -0.142. The summed E-state index contributed by atoms with van der Waals surface area (Å²) in [6.07, 6.45) is 3.45. The Morgan fingerprint density at radius 2 is 2.00 bits per heavy atom. The highest BCUT2D eigenvalue weighted by Crippen LogP contribution is 2.03. The minimum atomic E-state index is -1.12. The Balaban J connectivity index is 1.94. The standard InChI is InChI=1S/C15H18N4O3/c16-12(6-10-4-2-1-3-5-10)14(20)19-13(15(21)22)7-11-8-17-9-18-11/h1-5,8-9,12-13H,6-7,16H2,(H,17,18)(H,19,20)(H,21,22). The van der Waals surface area contributed by atoms with Gasteiger partial charge in [-0.15, -0.1) is 0 Å². The molecule has 0 aliphatic rings. The maximum Gasteiger partial charge on any atom is 0.326 e. The maximum atomic E-state index is 12.1. The summed E-state index contributed by atoms with van der Waals surface area (Å²) in [5.74, 6) is -1.61. The van der Waals surface area contributed by atoms with Crippen LogP contribution in [0.2, 0.25) is 0 Å². The first-order chi connectivity index (χ1) is 10.6. The Morgan fingerprint density at radius 3 is 2.59 bits per heavy atom. The molecular weight excluding hydrogens is 284 g/mol. The molecule has 0 radical (unpaired) electrons. The van der Waals surface area contributed by atoms with E-state index in [4.69, 9.17) is 5.73 Å². The number of nitrogens with one attached hydrogen (secondary N) is 2. The molecule has 1 amide bonds. The van der Waals surface area contributed by atoms with Gasteiger partial charge in [0.1, 0.15) is 6.04 Å². The Labute approximate surface area is 127 Å². The molecule has 7 heteroatoms. The van der Waals surface area contributed by atoms with E-state index in [1.165, 1.54) is 12.5 Å². The second-order valence-electron chi connectivity index (χ2n) is 4.98. The zero-order valence-electron chi connectivity index (χ0n) is 11.9. The average Bonchev–Trinajstić information content (AvgIpc) is 3.00. The zero-order chi connectivity index (χ0) is 15.9. The minimum absolute atomic E-state index is 0.124. The van der Waals surface area contributed by atoms with Gasteiger partial charge in [0.25, 0.3) is 0 Å². The summed E-state index contributed by atoms with van der Waals surface area (Å²) in [4.78, 5) is 29.9. The molecule has 22 heavy (non-hydrogen) atoms. The molecule has 5 N–H and O–H groups in total. The van der Waals surface area contributed by atoms with Crippen molar-refractivity contribution in [1.82, 2.24) is 15.3 Å². The van der Waals surface area contributed by atoms with Crippen LogP contribution < -0.4 is 11.1 Å². The lowest BCUT2D eigenvalue weighted by atomic mass is 10.1. The predicted molar refractivity (Wildman–Crippen MR) is 80.0 cm³/mol. The van der Waals surface area contributed by atoms with E-state index in [9.17, 15) is 14.7 Å². The molecule has 2 unspecified atom stereocenters. The molecule has 116 valence electrons. The van der Waals surface area contributed by atoms with Crippen LogP contribution in [0.15, 0.2) is 42.9 Å². The van der Waals surface area contributed by atoms with Crippen LogP contribution in [0.4, 0.5) is 0 Å². The second kappa shape index (κ2) is 7.37. The van der Waals surface area contributed by atoms with Crippen LogP contribution in [0.5, 0.6) is 0 Å². The smallest absolute Gasteiger partial charge is 0.326 e. The number of carbonyl (C=O) groups is 2. The quantitative estimate of drug-likeness (QED) is 0.577. The van der Waals surface area contributed by atoms with Gasteiger partial charge in [0, 0.05) is 18.3 Å². The van der Waals surface area contributed by atoms with Gasteiger partial charge in [0.15, 0.2) is 0 Å². The number of benzene rings is 1. The van der Waals surface area contributed by atoms with Crippen molar-refractivity contribution < 1.29 is 14.7 Å².